The summed E-state index contributed by atoms with van der Waals surface area (Å²) in [6.07, 6.45) is 3.03. The molecular formula is C14H15F2N3. The highest BCUT2D eigenvalue weighted by atomic mass is 19.1. The Morgan fingerprint density at radius 2 is 1.89 bits per heavy atom. The monoisotopic (exact) mass is 263 g/mol. The van der Waals surface area contributed by atoms with Gasteiger partial charge in [-0.2, -0.15) is 0 Å². The summed E-state index contributed by atoms with van der Waals surface area (Å²) in [6.45, 7) is 1.99. The van der Waals surface area contributed by atoms with Crippen LogP contribution in [0.15, 0.2) is 30.5 Å². The Bertz CT molecular complexity index is 552. The van der Waals surface area contributed by atoms with Crippen LogP contribution in [0, 0.1) is 11.6 Å². The van der Waals surface area contributed by atoms with Crippen LogP contribution in [0.1, 0.15) is 19.0 Å². The molecule has 0 aliphatic carbocycles. The minimum atomic E-state index is -0.644. The van der Waals surface area contributed by atoms with Crippen molar-refractivity contribution in [2.75, 3.05) is 0 Å². The second-order valence-corrected chi connectivity index (χ2v) is 4.40. The van der Waals surface area contributed by atoms with Gasteiger partial charge in [-0.15, -0.1) is 0 Å². The van der Waals surface area contributed by atoms with Gasteiger partial charge in [0.15, 0.2) is 5.82 Å². The van der Waals surface area contributed by atoms with Crippen molar-refractivity contribution < 1.29 is 8.78 Å². The lowest BCUT2D eigenvalue weighted by molar-refractivity contribution is 0.584. The summed E-state index contributed by atoms with van der Waals surface area (Å²) in [4.78, 5) is 8.33. The summed E-state index contributed by atoms with van der Waals surface area (Å²) in [7, 11) is 0. The number of hydrogen-bond donors (Lipinski definition) is 1. The van der Waals surface area contributed by atoms with Gasteiger partial charge in [0.1, 0.15) is 11.6 Å². The SMILES string of the molecule is CCC(N)Cc1ccnc(-c2cc(F)cc(F)c2)n1. The molecule has 0 saturated carbocycles. The zero-order chi connectivity index (χ0) is 13.8. The molecule has 1 atom stereocenters. The first-order valence-corrected chi connectivity index (χ1v) is 6.12. The van der Waals surface area contributed by atoms with Crippen LogP contribution in [0.3, 0.4) is 0 Å². The molecule has 1 unspecified atom stereocenters. The van der Waals surface area contributed by atoms with E-state index in [2.05, 4.69) is 9.97 Å². The maximum Gasteiger partial charge on any atom is 0.159 e. The zero-order valence-corrected chi connectivity index (χ0v) is 10.6. The van der Waals surface area contributed by atoms with Gasteiger partial charge in [0.25, 0.3) is 0 Å². The third-order valence-corrected chi connectivity index (χ3v) is 2.83. The van der Waals surface area contributed by atoms with Crippen molar-refractivity contribution in [3.63, 3.8) is 0 Å². The Morgan fingerprint density at radius 1 is 1.21 bits per heavy atom. The molecule has 0 amide bonds. The standard InChI is InChI=1S/C14H15F2N3/c1-2-12(17)8-13-3-4-18-14(19-13)9-5-10(15)7-11(16)6-9/h3-7,12H,2,8,17H2,1H3. The fourth-order valence-electron chi connectivity index (χ4n) is 1.74. The zero-order valence-electron chi connectivity index (χ0n) is 10.6. The van der Waals surface area contributed by atoms with Gasteiger partial charge in [-0.1, -0.05) is 6.92 Å². The Labute approximate surface area is 110 Å². The summed E-state index contributed by atoms with van der Waals surface area (Å²) in [5, 5.41) is 0. The van der Waals surface area contributed by atoms with Crippen molar-refractivity contribution in [3.8, 4) is 11.4 Å². The lowest BCUT2D eigenvalue weighted by Crippen LogP contribution is -2.22. The number of benzene rings is 1. The van der Waals surface area contributed by atoms with Gasteiger partial charge in [-0.25, -0.2) is 18.7 Å². The first kappa shape index (κ1) is 13.5. The highest BCUT2D eigenvalue weighted by Gasteiger charge is 2.08. The van der Waals surface area contributed by atoms with E-state index < -0.39 is 11.6 Å². The van der Waals surface area contributed by atoms with E-state index in [-0.39, 0.29) is 6.04 Å². The summed E-state index contributed by atoms with van der Waals surface area (Å²) in [5.74, 6) is -0.984. The van der Waals surface area contributed by atoms with Crippen LogP contribution in [-0.2, 0) is 6.42 Å². The normalized spacial score (nSPS) is 12.4. The average Bonchev–Trinajstić information content (AvgIpc) is 2.38. The maximum absolute atomic E-state index is 13.2. The van der Waals surface area contributed by atoms with Crippen LogP contribution >= 0.6 is 0 Å². The lowest BCUT2D eigenvalue weighted by Gasteiger charge is -2.08. The quantitative estimate of drug-likeness (QED) is 0.922. The number of aromatic nitrogens is 2. The van der Waals surface area contributed by atoms with Crippen molar-refractivity contribution in [1.82, 2.24) is 9.97 Å². The summed E-state index contributed by atoms with van der Waals surface area (Å²) in [6, 6.07) is 5.02. The molecule has 3 nitrogen and oxygen atoms in total. The summed E-state index contributed by atoms with van der Waals surface area (Å²) < 4.78 is 26.3. The highest BCUT2D eigenvalue weighted by Crippen LogP contribution is 2.18. The Kier molecular flexibility index (Phi) is 4.16. The molecule has 0 fully saturated rings. The van der Waals surface area contributed by atoms with Crippen molar-refractivity contribution in [1.29, 1.82) is 0 Å². The van der Waals surface area contributed by atoms with E-state index in [1.807, 2.05) is 6.92 Å². The fourth-order valence-corrected chi connectivity index (χ4v) is 1.74. The van der Waals surface area contributed by atoms with Gasteiger partial charge in [-0.3, -0.25) is 0 Å². The van der Waals surface area contributed by atoms with E-state index in [0.29, 0.717) is 17.8 Å². The smallest absolute Gasteiger partial charge is 0.159 e. The molecule has 0 spiro atoms. The van der Waals surface area contributed by atoms with Crippen LogP contribution in [-0.4, -0.2) is 16.0 Å². The second kappa shape index (κ2) is 5.84. The van der Waals surface area contributed by atoms with Crippen LogP contribution < -0.4 is 5.73 Å². The Morgan fingerprint density at radius 3 is 2.53 bits per heavy atom. The molecule has 1 aromatic carbocycles. The predicted octanol–water partition coefficient (Wildman–Crippen LogP) is 2.70. The predicted molar refractivity (Wildman–Crippen MR) is 69.4 cm³/mol. The van der Waals surface area contributed by atoms with Gasteiger partial charge in [0.2, 0.25) is 0 Å². The molecule has 5 heteroatoms. The highest BCUT2D eigenvalue weighted by molar-refractivity contribution is 5.54. The topological polar surface area (TPSA) is 51.8 Å². The molecular weight excluding hydrogens is 248 g/mol. The van der Waals surface area contributed by atoms with Crippen LogP contribution in [0.2, 0.25) is 0 Å². The number of nitrogens with zero attached hydrogens (tertiary/aromatic N) is 2. The van der Waals surface area contributed by atoms with E-state index in [1.165, 1.54) is 12.1 Å². The first-order chi connectivity index (χ1) is 9.08. The largest absolute Gasteiger partial charge is 0.327 e. The molecule has 0 aliphatic rings. The minimum Gasteiger partial charge on any atom is -0.327 e. The average molecular weight is 263 g/mol. The molecule has 2 aromatic rings. The van der Waals surface area contributed by atoms with Crippen molar-refractivity contribution in [3.05, 3.63) is 47.8 Å². The maximum atomic E-state index is 13.2. The molecule has 100 valence electrons. The number of rotatable bonds is 4. The molecule has 1 heterocycles. The molecule has 2 N–H and O–H groups in total. The van der Waals surface area contributed by atoms with Gasteiger partial charge < -0.3 is 5.73 Å². The van der Waals surface area contributed by atoms with Crippen LogP contribution in [0.25, 0.3) is 11.4 Å². The van der Waals surface area contributed by atoms with E-state index in [0.717, 1.165) is 18.2 Å². The van der Waals surface area contributed by atoms with Crippen LogP contribution in [0.5, 0.6) is 0 Å². The third-order valence-electron chi connectivity index (χ3n) is 2.83. The Balaban J connectivity index is 2.32. The molecule has 0 saturated heterocycles. The minimum absolute atomic E-state index is 0.0204. The lowest BCUT2D eigenvalue weighted by atomic mass is 10.1. The molecule has 1 aromatic heterocycles. The number of halogens is 2. The second-order valence-electron chi connectivity index (χ2n) is 4.40. The van der Waals surface area contributed by atoms with Gasteiger partial charge in [0.05, 0.1) is 0 Å². The molecule has 0 radical (unpaired) electrons. The molecule has 0 aliphatic heterocycles. The fraction of sp³-hybridized carbons (Fsp3) is 0.286. The van der Waals surface area contributed by atoms with Crippen molar-refractivity contribution in [2.24, 2.45) is 5.73 Å². The van der Waals surface area contributed by atoms with E-state index in [4.69, 9.17) is 5.73 Å². The summed E-state index contributed by atoms with van der Waals surface area (Å²) in [5.41, 5.74) is 6.95. The van der Waals surface area contributed by atoms with Crippen LogP contribution in [0.4, 0.5) is 8.78 Å². The van der Waals surface area contributed by atoms with Gasteiger partial charge in [-0.05, 0) is 24.6 Å². The number of nitrogens with two attached hydrogens (primary N) is 1. The van der Waals surface area contributed by atoms with Gasteiger partial charge in [0, 0.05) is 36.0 Å². The Hall–Kier alpha value is -1.88. The van der Waals surface area contributed by atoms with Crippen molar-refractivity contribution >= 4 is 0 Å². The van der Waals surface area contributed by atoms with E-state index in [1.54, 1.807) is 12.3 Å². The molecule has 0 bridgehead atoms. The number of hydrogen-bond acceptors (Lipinski definition) is 3. The first-order valence-electron chi connectivity index (χ1n) is 6.12. The molecule has 2 rings (SSSR count). The molecule has 19 heavy (non-hydrogen) atoms. The van der Waals surface area contributed by atoms with E-state index in [9.17, 15) is 8.78 Å². The van der Waals surface area contributed by atoms with E-state index >= 15 is 0 Å². The van der Waals surface area contributed by atoms with Gasteiger partial charge >= 0.3 is 0 Å². The third kappa shape index (κ3) is 3.54. The summed E-state index contributed by atoms with van der Waals surface area (Å²) >= 11 is 0. The van der Waals surface area contributed by atoms with Crippen molar-refractivity contribution in [2.45, 2.75) is 25.8 Å².